The van der Waals surface area contributed by atoms with Crippen molar-refractivity contribution in [2.75, 3.05) is 6.54 Å². The van der Waals surface area contributed by atoms with Crippen LogP contribution in [0.4, 0.5) is 22.0 Å². The highest BCUT2D eigenvalue weighted by molar-refractivity contribution is 6.31. The van der Waals surface area contributed by atoms with Crippen molar-refractivity contribution in [2.45, 2.75) is 24.4 Å². The Morgan fingerprint density at radius 2 is 2.00 bits per heavy atom. The number of pyridine rings is 2. The van der Waals surface area contributed by atoms with Gasteiger partial charge in [-0.1, -0.05) is 11.6 Å². The van der Waals surface area contributed by atoms with Crippen molar-refractivity contribution in [3.05, 3.63) is 64.2 Å². The van der Waals surface area contributed by atoms with Crippen molar-refractivity contribution in [1.29, 1.82) is 0 Å². The van der Waals surface area contributed by atoms with Crippen LogP contribution in [0.5, 0.6) is 0 Å². The predicted octanol–water partition coefficient (Wildman–Crippen LogP) is 4.85. The number of hydrogen-bond acceptors (Lipinski definition) is 3. The Morgan fingerprint density at radius 3 is 2.57 bits per heavy atom. The maximum atomic E-state index is 13.0. The number of carbonyl (C=O) groups excluding carboxylic acids is 1. The molecule has 28 heavy (non-hydrogen) atoms. The number of rotatable bonds is 5. The van der Waals surface area contributed by atoms with Crippen LogP contribution in [-0.2, 0) is 11.6 Å². The van der Waals surface area contributed by atoms with E-state index in [9.17, 15) is 26.7 Å². The fourth-order valence-electron chi connectivity index (χ4n) is 2.84. The third-order valence-corrected chi connectivity index (χ3v) is 4.70. The molecule has 3 rings (SSSR count). The van der Waals surface area contributed by atoms with E-state index in [2.05, 4.69) is 15.3 Å². The summed E-state index contributed by atoms with van der Waals surface area (Å²) in [4.78, 5) is 19.9. The lowest BCUT2D eigenvalue weighted by Crippen LogP contribution is -2.34. The molecule has 2 aromatic heterocycles. The van der Waals surface area contributed by atoms with Gasteiger partial charge < -0.3 is 5.32 Å². The molecule has 0 spiro atoms. The number of nitrogens with zero attached hydrogens (tertiary/aromatic N) is 2. The fraction of sp³-hybridized carbons (Fsp3) is 0.278. The molecule has 4 nitrogen and oxygen atoms in total. The number of carbonyl (C=O) groups is 1. The Bertz CT molecular complexity index is 937. The van der Waals surface area contributed by atoms with Crippen LogP contribution in [0.3, 0.4) is 0 Å². The van der Waals surface area contributed by atoms with Crippen LogP contribution < -0.4 is 5.32 Å². The lowest BCUT2D eigenvalue weighted by Gasteiger charge is -2.18. The van der Waals surface area contributed by atoms with Crippen LogP contribution in [0.2, 0.25) is 5.02 Å². The lowest BCUT2D eigenvalue weighted by molar-refractivity contribution is -0.138. The van der Waals surface area contributed by atoms with E-state index >= 15 is 0 Å². The van der Waals surface area contributed by atoms with Crippen molar-refractivity contribution in [2.24, 2.45) is 0 Å². The van der Waals surface area contributed by atoms with Crippen molar-refractivity contribution < 1.29 is 26.7 Å². The average molecular weight is 418 g/mol. The van der Waals surface area contributed by atoms with Gasteiger partial charge in [-0.15, -0.1) is 0 Å². The van der Waals surface area contributed by atoms with Gasteiger partial charge in [0.25, 0.3) is 12.0 Å². The average Bonchev–Trinajstić information content (AvgIpc) is 3.39. The predicted molar refractivity (Wildman–Crippen MR) is 91.9 cm³/mol. The lowest BCUT2D eigenvalue weighted by atomic mass is 10.0. The molecule has 0 atom stereocenters. The maximum Gasteiger partial charge on any atom is 0.418 e. The number of nitrogens with one attached hydrogen (secondary N) is 1. The summed E-state index contributed by atoms with van der Waals surface area (Å²) in [5.41, 5.74) is -1.96. The summed E-state index contributed by atoms with van der Waals surface area (Å²) < 4.78 is 63.8. The first-order chi connectivity index (χ1) is 13.1. The molecular formula is C18H13ClF5N3O. The molecule has 2 aromatic rings. The highest BCUT2D eigenvalue weighted by atomic mass is 35.5. The van der Waals surface area contributed by atoms with Crippen LogP contribution in [0.1, 0.15) is 40.2 Å². The fourth-order valence-corrected chi connectivity index (χ4v) is 3.22. The summed E-state index contributed by atoms with van der Waals surface area (Å²) in [6.07, 6.45) is -2.46. The molecule has 0 saturated heterocycles. The Balaban J connectivity index is 1.77. The van der Waals surface area contributed by atoms with Gasteiger partial charge in [0, 0.05) is 30.4 Å². The topological polar surface area (TPSA) is 54.9 Å². The minimum atomic E-state index is -4.71. The number of halogens is 6. The van der Waals surface area contributed by atoms with E-state index in [1.165, 1.54) is 12.3 Å². The van der Waals surface area contributed by atoms with Gasteiger partial charge in [-0.05, 0) is 36.6 Å². The van der Waals surface area contributed by atoms with Crippen LogP contribution in [0.15, 0.2) is 36.7 Å². The Hall–Kier alpha value is -2.55. The Labute approximate surface area is 161 Å². The normalized spacial score (nSPS) is 15.1. The molecule has 10 heteroatoms. The van der Waals surface area contributed by atoms with Gasteiger partial charge in [0.05, 0.1) is 16.3 Å². The highest BCUT2D eigenvalue weighted by Crippen LogP contribution is 2.49. The molecule has 1 aliphatic rings. The van der Waals surface area contributed by atoms with Gasteiger partial charge in [0.15, 0.2) is 0 Å². The Kier molecular flexibility index (Phi) is 5.38. The first kappa shape index (κ1) is 20.2. The number of amides is 1. The standard InChI is InChI=1S/C18H13ClF5N3O/c19-12-6-10(7-13(20)21)8-26-15(12)17(3-4-17)9-27-16(28)14-11(18(22,23)24)2-1-5-25-14/h1-2,5-8H,3-4,9H2,(H,27,28). The summed E-state index contributed by atoms with van der Waals surface area (Å²) in [6.45, 7) is -0.000910. The molecule has 1 amide bonds. The van der Waals surface area contributed by atoms with Crippen molar-refractivity contribution in [1.82, 2.24) is 15.3 Å². The zero-order chi connectivity index (χ0) is 20.5. The van der Waals surface area contributed by atoms with E-state index in [0.717, 1.165) is 18.3 Å². The Morgan fingerprint density at radius 1 is 1.29 bits per heavy atom. The molecule has 1 N–H and O–H groups in total. The second kappa shape index (κ2) is 7.46. The third kappa shape index (κ3) is 4.30. The molecule has 1 aliphatic carbocycles. The molecule has 0 aliphatic heterocycles. The maximum absolute atomic E-state index is 13.0. The molecule has 0 bridgehead atoms. The summed E-state index contributed by atoms with van der Waals surface area (Å²) >= 11 is 6.14. The smallest absolute Gasteiger partial charge is 0.350 e. The van der Waals surface area contributed by atoms with E-state index in [-0.39, 0.29) is 17.1 Å². The second-order valence-corrected chi connectivity index (χ2v) is 6.80. The van der Waals surface area contributed by atoms with Crippen molar-refractivity contribution >= 4 is 23.6 Å². The van der Waals surface area contributed by atoms with Crippen LogP contribution in [0, 0.1) is 0 Å². The summed E-state index contributed by atoms with van der Waals surface area (Å²) in [6, 6.07) is 3.21. The van der Waals surface area contributed by atoms with Gasteiger partial charge in [0.2, 0.25) is 0 Å². The first-order valence-corrected chi connectivity index (χ1v) is 8.49. The van der Waals surface area contributed by atoms with E-state index in [1.807, 2.05) is 0 Å². The van der Waals surface area contributed by atoms with Gasteiger partial charge in [-0.3, -0.25) is 14.8 Å². The zero-order valence-electron chi connectivity index (χ0n) is 14.2. The van der Waals surface area contributed by atoms with Crippen LogP contribution in [-0.4, -0.2) is 22.4 Å². The second-order valence-electron chi connectivity index (χ2n) is 6.39. The molecular weight excluding hydrogens is 405 g/mol. The number of hydrogen-bond donors (Lipinski definition) is 1. The van der Waals surface area contributed by atoms with Crippen LogP contribution >= 0.6 is 11.6 Å². The summed E-state index contributed by atoms with van der Waals surface area (Å²) in [5, 5.41) is 2.60. The molecule has 0 aromatic carbocycles. The minimum absolute atomic E-state index is 0.000910. The van der Waals surface area contributed by atoms with Crippen molar-refractivity contribution in [3.63, 3.8) is 0 Å². The van der Waals surface area contributed by atoms with Crippen molar-refractivity contribution in [3.8, 4) is 0 Å². The highest BCUT2D eigenvalue weighted by Gasteiger charge is 2.47. The molecule has 1 fully saturated rings. The van der Waals surface area contributed by atoms with Gasteiger partial charge in [-0.2, -0.15) is 22.0 Å². The van der Waals surface area contributed by atoms with Gasteiger partial charge >= 0.3 is 6.18 Å². The summed E-state index contributed by atoms with van der Waals surface area (Å²) in [7, 11) is 0. The zero-order valence-corrected chi connectivity index (χ0v) is 14.9. The quantitative estimate of drug-likeness (QED) is 0.708. The molecule has 0 unspecified atom stereocenters. The molecule has 1 saturated carbocycles. The van der Waals surface area contributed by atoms with Crippen LogP contribution in [0.25, 0.3) is 6.08 Å². The number of alkyl halides is 3. The molecule has 0 radical (unpaired) electrons. The third-order valence-electron chi connectivity index (χ3n) is 4.41. The monoisotopic (exact) mass is 417 g/mol. The number of aromatic nitrogens is 2. The molecule has 2 heterocycles. The van der Waals surface area contributed by atoms with E-state index in [4.69, 9.17) is 11.6 Å². The van der Waals surface area contributed by atoms with Gasteiger partial charge in [0.1, 0.15) is 5.69 Å². The minimum Gasteiger partial charge on any atom is -0.350 e. The van der Waals surface area contributed by atoms with E-state index in [0.29, 0.717) is 24.6 Å². The molecule has 148 valence electrons. The summed E-state index contributed by atoms with van der Waals surface area (Å²) in [5.74, 6) is -0.964. The van der Waals surface area contributed by atoms with E-state index < -0.39 is 34.8 Å². The first-order valence-electron chi connectivity index (χ1n) is 8.11. The van der Waals surface area contributed by atoms with Gasteiger partial charge in [-0.25, -0.2) is 0 Å². The largest absolute Gasteiger partial charge is 0.418 e. The van der Waals surface area contributed by atoms with E-state index in [1.54, 1.807) is 0 Å². The SMILES string of the molecule is O=C(NCC1(c2ncc(C=C(F)F)cc2Cl)CC1)c1ncccc1C(F)(F)F.